The predicted octanol–water partition coefficient (Wildman–Crippen LogP) is 2.86. The summed E-state index contributed by atoms with van der Waals surface area (Å²) in [5, 5.41) is 11.0. The van der Waals surface area contributed by atoms with Crippen molar-refractivity contribution in [3.63, 3.8) is 0 Å². The molecular formula is C14H21ClN2O. The third kappa shape index (κ3) is 2.97. The molecule has 0 amide bonds. The van der Waals surface area contributed by atoms with Gasteiger partial charge in [-0.1, -0.05) is 30.9 Å². The van der Waals surface area contributed by atoms with E-state index in [1.807, 2.05) is 0 Å². The summed E-state index contributed by atoms with van der Waals surface area (Å²) in [4.78, 5) is 0. The zero-order valence-electron chi connectivity index (χ0n) is 10.5. The Morgan fingerprint density at radius 1 is 1.22 bits per heavy atom. The second kappa shape index (κ2) is 5.91. The fourth-order valence-electron chi connectivity index (χ4n) is 2.79. The molecule has 100 valence electrons. The molecular weight excluding hydrogens is 248 g/mol. The van der Waals surface area contributed by atoms with E-state index in [-0.39, 0.29) is 5.92 Å². The lowest BCUT2D eigenvalue weighted by Crippen LogP contribution is -2.34. The van der Waals surface area contributed by atoms with Gasteiger partial charge in [-0.05, 0) is 42.5 Å². The summed E-state index contributed by atoms with van der Waals surface area (Å²) < 4.78 is 0. The van der Waals surface area contributed by atoms with Gasteiger partial charge in [0.25, 0.3) is 0 Å². The van der Waals surface area contributed by atoms with Gasteiger partial charge in [0.2, 0.25) is 0 Å². The maximum absolute atomic E-state index is 10.4. The lowest BCUT2D eigenvalue weighted by molar-refractivity contribution is 0.0620. The maximum atomic E-state index is 10.4. The van der Waals surface area contributed by atoms with Crippen LogP contribution in [0.5, 0.6) is 0 Å². The quantitative estimate of drug-likeness (QED) is 0.738. The first-order valence-corrected chi connectivity index (χ1v) is 6.96. The molecule has 0 spiro atoms. The molecule has 2 rings (SSSR count). The van der Waals surface area contributed by atoms with E-state index < -0.39 is 12.1 Å². The number of halogens is 1. The lowest BCUT2D eigenvalue weighted by atomic mass is 9.81. The highest BCUT2D eigenvalue weighted by Crippen LogP contribution is 2.33. The molecule has 0 saturated heterocycles. The number of nitrogen functional groups attached to an aromatic ring is 1. The zero-order chi connectivity index (χ0) is 13.1. The lowest BCUT2D eigenvalue weighted by Gasteiger charge is -2.31. The molecule has 0 heterocycles. The van der Waals surface area contributed by atoms with Crippen LogP contribution in [-0.2, 0) is 0 Å². The summed E-state index contributed by atoms with van der Waals surface area (Å²) >= 11 is 5.96. The monoisotopic (exact) mass is 268 g/mol. The Hall–Kier alpha value is -0.770. The molecule has 0 bridgehead atoms. The topological polar surface area (TPSA) is 72.3 Å². The Morgan fingerprint density at radius 3 is 2.56 bits per heavy atom. The van der Waals surface area contributed by atoms with Crippen molar-refractivity contribution < 1.29 is 5.11 Å². The second-order valence-corrected chi connectivity index (χ2v) is 5.62. The number of hydrogen-bond donors (Lipinski definition) is 3. The Kier molecular flexibility index (Phi) is 4.49. The van der Waals surface area contributed by atoms with Gasteiger partial charge in [0.15, 0.2) is 0 Å². The van der Waals surface area contributed by atoms with Crippen LogP contribution in [0.1, 0.15) is 43.7 Å². The summed E-state index contributed by atoms with van der Waals surface area (Å²) in [5.74, 6) is 0.284. The molecule has 18 heavy (non-hydrogen) atoms. The van der Waals surface area contributed by atoms with E-state index in [1.54, 1.807) is 18.2 Å². The first kappa shape index (κ1) is 13.7. The Bertz CT molecular complexity index is 405. The van der Waals surface area contributed by atoms with Crippen molar-refractivity contribution in [2.45, 2.75) is 44.2 Å². The normalized spacial score (nSPS) is 20.6. The standard InChI is InChI=1S/C14H21ClN2O/c15-10-6-7-12(16)11(8-10)13(17)14(18)9-4-2-1-3-5-9/h6-9,13-14,18H,1-5,16-17H2/t13-,14+/m0/s1. The molecule has 2 atom stereocenters. The minimum Gasteiger partial charge on any atom is -0.398 e. The Balaban J connectivity index is 2.13. The van der Waals surface area contributed by atoms with E-state index >= 15 is 0 Å². The summed E-state index contributed by atoms with van der Waals surface area (Å²) in [6.45, 7) is 0. The molecule has 1 saturated carbocycles. The summed E-state index contributed by atoms with van der Waals surface area (Å²) in [5.41, 5.74) is 13.4. The molecule has 1 aromatic rings. The third-order valence-electron chi connectivity index (χ3n) is 3.91. The van der Waals surface area contributed by atoms with Crippen molar-refractivity contribution in [3.05, 3.63) is 28.8 Å². The van der Waals surface area contributed by atoms with Crippen LogP contribution in [0.4, 0.5) is 5.69 Å². The summed E-state index contributed by atoms with van der Waals surface area (Å²) in [6.07, 6.45) is 5.19. The largest absolute Gasteiger partial charge is 0.398 e. The number of hydrogen-bond acceptors (Lipinski definition) is 3. The summed E-state index contributed by atoms with van der Waals surface area (Å²) in [7, 11) is 0. The number of benzene rings is 1. The number of nitrogens with two attached hydrogens (primary N) is 2. The van der Waals surface area contributed by atoms with E-state index in [4.69, 9.17) is 23.1 Å². The SMILES string of the molecule is Nc1ccc(Cl)cc1[C@H](N)[C@H](O)C1CCCCC1. The zero-order valence-corrected chi connectivity index (χ0v) is 11.2. The smallest absolute Gasteiger partial charge is 0.0761 e. The number of aliphatic hydroxyl groups is 1. The highest BCUT2D eigenvalue weighted by Gasteiger charge is 2.28. The molecule has 1 fully saturated rings. The average Bonchev–Trinajstić information content (AvgIpc) is 2.41. The van der Waals surface area contributed by atoms with Gasteiger partial charge in [-0.2, -0.15) is 0 Å². The Morgan fingerprint density at radius 2 is 1.89 bits per heavy atom. The van der Waals surface area contributed by atoms with Crippen LogP contribution in [0.3, 0.4) is 0 Å². The molecule has 1 aliphatic rings. The van der Waals surface area contributed by atoms with Crippen LogP contribution in [-0.4, -0.2) is 11.2 Å². The number of anilines is 1. The highest BCUT2D eigenvalue weighted by molar-refractivity contribution is 6.30. The van der Waals surface area contributed by atoms with Crippen molar-refractivity contribution in [2.24, 2.45) is 11.7 Å². The van der Waals surface area contributed by atoms with Gasteiger partial charge >= 0.3 is 0 Å². The molecule has 0 aromatic heterocycles. The van der Waals surface area contributed by atoms with Gasteiger partial charge in [-0.15, -0.1) is 0 Å². The average molecular weight is 269 g/mol. The van der Waals surface area contributed by atoms with E-state index in [9.17, 15) is 5.11 Å². The molecule has 5 N–H and O–H groups in total. The van der Waals surface area contributed by atoms with Gasteiger partial charge in [0, 0.05) is 10.7 Å². The molecule has 4 heteroatoms. The van der Waals surface area contributed by atoms with E-state index in [2.05, 4.69) is 0 Å². The minimum absolute atomic E-state index is 0.284. The van der Waals surface area contributed by atoms with Gasteiger partial charge in [-0.25, -0.2) is 0 Å². The van der Waals surface area contributed by atoms with Crippen molar-refractivity contribution in [1.82, 2.24) is 0 Å². The van der Waals surface area contributed by atoms with Crippen molar-refractivity contribution in [3.8, 4) is 0 Å². The molecule has 1 aromatic carbocycles. The first-order valence-electron chi connectivity index (χ1n) is 6.58. The van der Waals surface area contributed by atoms with Crippen LogP contribution in [0.2, 0.25) is 5.02 Å². The van der Waals surface area contributed by atoms with Crippen LogP contribution < -0.4 is 11.5 Å². The number of aliphatic hydroxyl groups excluding tert-OH is 1. The highest BCUT2D eigenvalue weighted by atomic mass is 35.5. The summed E-state index contributed by atoms with van der Waals surface area (Å²) in [6, 6.07) is 4.78. The molecule has 0 aliphatic heterocycles. The van der Waals surface area contributed by atoms with Gasteiger partial charge < -0.3 is 16.6 Å². The van der Waals surface area contributed by atoms with Crippen LogP contribution in [0.25, 0.3) is 0 Å². The molecule has 1 aliphatic carbocycles. The van der Waals surface area contributed by atoms with Crippen molar-refractivity contribution >= 4 is 17.3 Å². The van der Waals surface area contributed by atoms with Crippen molar-refractivity contribution in [1.29, 1.82) is 0 Å². The molecule has 0 radical (unpaired) electrons. The fraction of sp³-hybridized carbons (Fsp3) is 0.571. The first-order chi connectivity index (χ1) is 8.59. The number of rotatable bonds is 3. The van der Waals surface area contributed by atoms with Crippen LogP contribution in [0.15, 0.2) is 18.2 Å². The van der Waals surface area contributed by atoms with Crippen LogP contribution >= 0.6 is 11.6 Å². The van der Waals surface area contributed by atoms with E-state index in [0.29, 0.717) is 10.7 Å². The van der Waals surface area contributed by atoms with Gasteiger partial charge in [-0.3, -0.25) is 0 Å². The van der Waals surface area contributed by atoms with E-state index in [1.165, 1.54) is 19.3 Å². The maximum Gasteiger partial charge on any atom is 0.0761 e. The third-order valence-corrected chi connectivity index (χ3v) is 4.14. The van der Waals surface area contributed by atoms with Gasteiger partial charge in [0.1, 0.15) is 0 Å². The van der Waals surface area contributed by atoms with Crippen LogP contribution in [0, 0.1) is 5.92 Å². The predicted molar refractivity (Wildman–Crippen MR) is 75.4 cm³/mol. The second-order valence-electron chi connectivity index (χ2n) is 5.19. The minimum atomic E-state index is -0.536. The van der Waals surface area contributed by atoms with E-state index in [0.717, 1.165) is 18.4 Å². The fourth-order valence-corrected chi connectivity index (χ4v) is 2.97. The van der Waals surface area contributed by atoms with Crippen molar-refractivity contribution in [2.75, 3.05) is 5.73 Å². The molecule has 3 nitrogen and oxygen atoms in total. The van der Waals surface area contributed by atoms with Gasteiger partial charge in [0.05, 0.1) is 12.1 Å². The molecule has 0 unspecified atom stereocenters. The Labute approximate surface area is 113 Å².